The lowest BCUT2D eigenvalue weighted by Crippen LogP contribution is -2.14. The Bertz CT molecular complexity index is 1160. The van der Waals surface area contributed by atoms with Crippen molar-refractivity contribution in [3.8, 4) is 0 Å². The predicted octanol–water partition coefficient (Wildman–Crippen LogP) is 4.22. The molecule has 0 aliphatic heterocycles. The van der Waals surface area contributed by atoms with E-state index in [1.165, 1.54) is 23.7 Å². The number of nitrogens with one attached hydrogen (secondary N) is 1. The van der Waals surface area contributed by atoms with E-state index < -0.39 is 0 Å². The van der Waals surface area contributed by atoms with E-state index >= 15 is 0 Å². The predicted molar refractivity (Wildman–Crippen MR) is 119 cm³/mol. The van der Waals surface area contributed by atoms with Gasteiger partial charge in [-0.1, -0.05) is 59.8 Å². The normalized spacial score (nSPS) is 11.0. The Kier molecular flexibility index (Phi) is 6.25. The Hall–Kier alpha value is -2.97. The second-order valence-electron chi connectivity index (χ2n) is 6.61. The van der Waals surface area contributed by atoms with Gasteiger partial charge in [-0.15, -0.1) is 5.10 Å². The van der Waals surface area contributed by atoms with Gasteiger partial charge in [0.05, 0.1) is 12.3 Å². The Morgan fingerprint density at radius 1 is 1.07 bits per heavy atom. The Morgan fingerprint density at radius 3 is 2.53 bits per heavy atom. The molecule has 0 saturated carbocycles. The van der Waals surface area contributed by atoms with Crippen LogP contribution in [0.4, 0.5) is 5.69 Å². The smallest absolute Gasteiger partial charge is 0.234 e. The number of halogens is 1. The van der Waals surface area contributed by atoms with Crippen LogP contribution in [0.2, 0.25) is 5.02 Å². The molecule has 1 amide bonds. The van der Waals surface area contributed by atoms with Gasteiger partial charge in [-0.2, -0.15) is 0 Å². The van der Waals surface area contributed by atoms with E-state index in [4.69, 9.17) is 11.6 Å². The van der Waals surface area contributed by atoms with Crippen LogP contribution in [0, 0.1) is 0 Å². The van der Waals surface area contributed by atoms with Crippen molar-refractivity contribution in [1.82, 2.24) is 25.0 Å². The average molecular weight is 439 g/mol. The molecule has 30 heavy (non-hydrogen) atoms. The van der Waals surface area contributed by atoms with Crippen molar-refractivity contribution < 1.29 is 4.79 Å². The van der Waals surface area contributed by atoms with Gasteiger partial charge in [0, 0.05) is 10.7 Å². The van der Waals surface area contributed by atoms with E-state index in [-0.39, 0.29) is 11.7 Å². The lowest BCUT2D eigenvalue weighted by atomic mass is 10.1. The quantitative estimate of drug-likeness (QED) is 0.343. The molecule has 152 valence electrons. The number of aromatic nitrogens is 5. The van der Waals surface area contributed by atoms with Crippen LogP contribution in [0.15, 0.2) is 59.9 Å². The minimum absolute atomic E-state index is 0.107. The van der Waals surface area contributed by atoms with E-state index in [0.29, 0.717) is 27.8 Å². The van der Waals surface area contributed by atoms with Crippen LogP contribution in [0.1, 0.15) is 18.1 Å². The Labute approximate surface area is 182 Å². The second kappa shape index (κ2) is 9.23. The van der Waals surface area contributed by atoms with Gasteiger partial charge in [0.2, 0.25) is 5.91 Å². The van der Waals surface area contributed by atoms with Crippen molar-refractivity contribution >= 4 is 46.1 Å². The topological polar surface area (TPSA) is 85.6 Å². The number of carbonyl (C=O) groups is 1. The number of nitrogens with zero attached hydrogens (tertiary/aromatic N) is 5. The number of hydrogen-bond acceptors (Lipinski definition) is 6. The van der Waals surface area contributed by atoms with Gasteiger partial charge in [-0.25, -0.2) is 14.6 Å². The highest BCUT2D eigenvalue weighted by Crippen LogP contribution is 2.23. The first-order chi connectivity index (χ1) is 14.6. The number of anilines is 1. The number of amides is 1. The molecule has 0 unspecified atom stereocenters. The monoisotopic (exact) mass is 438 g/mol. The van der Waals surface area contributed by atoms with Crippen molar-refractivity contribution in [2.75, 3.05) is 11.1 Å². The van der Waals surface area contributed by atoms with Crippen LogP contribution in [-0.4, -0.2) is 36.6 Å². The molecule has 1 N–H and O–H groups in total. The number of fused-ring (bicyclic) bond motifs is 1. The molecule has 2 heterocycles. The summed E-state index contributed by atoms with van der Waals surface area (Å²) in [6, 6.07) is 15.4. The third kappa shape index (κ3) is 4.77. The molecule has 4 rings (SSSR count). The molecular weight excluding hydrogens is 420 g/mol. The van der Waals surface area contributed by atoms with Gasteiger partial charge >= 0.3 is 0 Å². The van der Waals surface area contributed by atoms with Crippen molar-refractivity contribution in [2.24, 2.45) is 0 Å². The summed E-state index contributed by atoms with van der Waals surface area (Å²) < 4.78 is 1.71. The zero-order valence-electron chi connectivity index (χ0n) is 16.2. The number of benzene rings is 2. The van der Waals surface area contributed by atoms with E-state index in [1.807, 2.05) is 48.5 Å². The summed E-state index contributed by atoms with van der Waals surface area (Å²) in [4.78, 5) is 20.9. The van der Waals surface area contributed by atoms with Gasteiger partial charge < -0.3 is 5.32 Å². The summed E-state index contributed by atoms with van der Waals surface area (Å²) in [7, 11) is 0. The molecule has 0 spiro atoms. The zero-order valence-corrected chi connectivity index (χ0v) is 17.8. The first kappa shape index (κ1) is 20.3. The molecule has 0 fully saturated rings. The molecule has 0 bridgehead atoms. The van der Waals surface area contributed by atoms with Crippen LogP contribution < -0.4 is 5.32 Å². The second-order valence-corrected chi connectivity index (χ2v) is 8.01. The third-order valence-corrected chi connectivity index (χ3v) is 5.73. The highest BCUT2D eigenvalue weighted by Gasteiger charge is 2.14. The molecule has 7 nitrogen and oxygen atoms in total. The van der Waals surface area contributed by atoms with Crippen molar-refractivity contribution in [3.05, 3.63) is 71.0 Å². The van der Waals surface area contributed by atoms with Crippen LogP contribution in [0.25, 0.3) is 11.2 Å². The molecule has 9 heteroatoms. The van der Waals surface area contributed by atoms with Gasteiger partial charge in [0.25, 0.3) is 0 Å². The van der Waals surface area contributed by atoms with Gasteiger partial charge in [-0.05, 0) is 41.8 Å². The molecule has 0 aliphatic carbocycles. The Balaban J connectivity index is 1.43. The van der Waals surface area contributed by atoms with Crippen LogP contribution in [0.3, 0.4) is 0 Å². The number of carbonyl (C=O) groups excluding carboxylic acids is 1. The highest BCUT2D eigenvalue weighted by molar-refractivity contribution is 8.00. The van der Waals surface area contributed by atoms with Gasteiger partial charge in [-0.3, -0.25) is 4.79 Å². The molecule has 0 atom stereocenters. The van der Waals surface area contributed by atoms with E-state index in [1.54, 1.807) is 4.68 Å². The number of rotatable bonds is 7. The molecule has 0 aliphatic rings. The van der Waals surface area contributed by atoms with Crippen LogP contribution in [0.5, 0.6) is 0 Å². The fourth-order valence-corrected chi connectivity index (χ4v) is 3.76. The van der Waals surface area contributed by atoms with Crippen LogP contribution in [-0.2, 0) is 17.8 Å². The summed E-state index contributed by atoms with van der Waals surface area (Å²) in [5.41, 5.74) is 4.24. The van der Waals surface area contributed by atoms with Crippen molar-refractivity contribution in [1.29, 1.82) is 0 Å². The number of thioether (sulfide) groups is 1. The van der Waals surface area contributed by atoms with Crippen LogP contribution >= 0.6 is 23.4 Å². The summed E-state index contributed by atoms with van der Waals surface area (Å²) >= 11 is 7.25. The van der Waals surface area contributed by atoms with E-state index in [2.05, 4.69) is 32.5 Å². The standard InChI is InChI=1S/C21H19ClN6OS/c1-2-14-5-9-17(10-6-14)25-18(29)12-30-21-19-20(23-13-24-21)28(27-26-19)11-15-3-7-16(22)8-4-15/h3-10,13H,2,11-12H2,1H3,(H,25,29). The number of hydrogen-bond donors (Lipinski definition) is 1. The first-order valence-electron chi connectivity index (χ1n) is 9.42. The molecule has 0 saturated heterocycles. The number of aryl methyl sites for hydroxylation is 1. The minimum atomic E-state index is -0.107. The molecule has 2 aromatic heterocycles. The lowest BCUT2D eigenvalue weighted by Gasteiger charge is -2.06. The van der Waals surface area contributed by atoms with Crippen molar-refractivity contribution in [3.63, 3.8) is 0 Å². The maximum Gasteiger partial charge on any atom is 0.234 e. The summed E-state index contributed by atoms with van der Waals surface area (Å²) in [5, 5.41) is 12.6. The van der Waals surface area contributed by atoms with Gasteiger partial charge in [0.15, 0.2) is 11.2 Å². The summed E-state index contributed by atoms with van der Waals surface area (Å²) in [5.74, 6) is 0.107. The maximum absolute atomic E-state index is 12.3. The highest BCUT2D eigenvalue weighted by atomic mass is 35.5. The summed E-state index contributed by atoms with van der Waals surface area (Å²) in [6.07, 6.45) is 2.43. The minimum Gasteiger partial charge on any atom is -0.325 e. The zero-order chi connectivity index (χ0) is 20.9. The first-order valence-corrected chi connectivity index (χ1v) is 10.8. The largest absolute Gasteiger partial charge is 0.325 e. The van der Waals surface area contributed by atoms with E-state index in [9.17, 15) is 4.79 Å². The van der Waals surface area contributed by atoms with Crippen molar-refractivity contribution in [2.45, 2.75) is 24.9 Å². The third-order valence-electron chi connectivity index (χ3n) is 4.50. The summed E-state index contributed by atoms with van der Waals surface area (Å²) in [6.45, 7) is 2.61. The fourth-order valence-electron chi connectivity index (χ4n) is 2.90. The molecule has 4 aromatic rings. The SMILES string of the molecule is CCc1ccc(NC(=O)CSc2ncnc3c2nnn3Cc2ccc(Cl)cc2)cc1. The van der Waals surface area contributed by atoms with Gasteiger partial charge in [0.1, 0.15) is 11.4 Å². The van der Waals surface area contributed by atoms with E-state index in [0.717, 1.165) is 17.7 Å². The Morgan fingerprint density at radius 2 is 1.80 bits per heavy atom. The molecule has 2 aromatic carbocycles. The molecular formula is C21H19ClN6OS. The average Bonchev–Trinajstić information content (AvgIpc) is 3.18. The molecule has 0 radical (unpaired) electrons. The maximum atomic E-state index is 12.3. The lowest BCUT2D eigenvalue weighted by molar-refractivity contribution is -0.113. The fraction of sp³-hybridized carbons (Fsp3) is 0.190.